The van der Waals surface area contributed by atoms with Gasteiger partial charge in [0.05, 0.1) is 5.56 Å². The van der Waals surface area contributed by atoms with E-state index in [1.54, 1.807) is 11.7 Å². The molecule has 0 unspecified atom stereocenters. The van der Waals surface area contributed by atoms with Gasteiger partial charge in [0.25, 0.3) is 5.91 Å². The standard InChI is InChI=1S/C22H29N5O3/c1-25-8-6-17(7-9-25)21(28)23-19-4-2-16(3-5-19)13-26-10-11-27-14-18(22(29)24-30)12-20(27)15-26/h2-5,12,14,17,30H,6-11,13,15H2,1H3,(H,23,28)(H,24,29). The molecule has 8 nitrogen and oxygen atoms in total. The summed E-state index contributed by atoms with van der Waals surface area (Å²) in [4.78, 5) is 28.7. The monoisotopic (exact) mass is 411 g/mol. The van der Waals surface area contributed by atoms with Crippen molar-refractivity contribution in [1.82, 2.24) is 19.8 Å². The maximum Gasteiger partial charge on any atom is 0.276 e. The number of likely N-dealkylation sites (tertiary alicyclic amines) is 1. The molecule has 2 aromatic rings. The fourth-order valence-electron chi connectivity index (χ4n) is 4.24. The molecule has 1 aromatic carbocycles. The first-order valence-corrected chi connectivity index (χ1v) is 10.5. The molecule has 1 fully saturated rings. The Hall–Kier alpha value is -2.68. The Morgan fingerprint density at radius 2 is 1.83 bits per heavy atom. The summed E-state index contributed by atoms with van der Waals surface area (Å²) in [6.07, 6.45) is 3.61. The van der Waals surface area contributed by atoms with Gasteiger partial charge in [0, 0.05) is 49.7 Å². The number of nitrogens with one attached hydrogen (secondary N) is 2. The summed E-state index contributed by atoms with van der Waals surface area (Å²) in [5.41, 5.74) is 5.24. The Kier molecular flexibility index (Phi) is 6.17. The second-order valence-electron chi connectivity index (χ2n) is 8.33. The normalized spacial score (nSPS) is 18.1. The van der Waals surface area contributed by atoms with Gasteiger partial charge in [-0.1, -0.05) is 12.1 Å². The highest BCUT2D eigenvalue weighted by Gasteiger charge is 2.23. The van der Waals surface area contributed by atoms with Crippen LogP contribution in [0.5, 0.6) is 0 Å². The summed E-state index contributed by atoms with van der Waals surface area (Å²) in [5.74, 6) is -0.264. The van der Waals surface area contributed by atoms with Crippen LogP contribution < -0.4 is 10.8 Å². The van der Waals surface area contributed by atoms with Crippen molar-refractivity contribution < 1.29 is 14.8 Å². The average molecular weight is 412 g/mol. The number of hydrogen-bond acceptors (Lipinski definition) is 5. The van der Waals surface area contributed by atoms with Crippen LogP contribution >= 0.6 is 0 Å². The minimum absolute atomic E-state index is 0.100. The van der Waals surface area contributed by atoms with E-state index in [1.807, 2.05) is 18.2 Å². The zero-order chi connectivity index (χ0) is 21.1. The second kappa shape index (κ2) is 8.99. The van der Waals surface area contributed by atoms with Crippen LogP contribution in [0.25, 0.3) is 0 Å². The van der Waals surface area contributed by atoms with Gasteiger partial charge < -0.3 is 14.8 Å². The molecule has 0 bridgehead atoms. The van der Waals surface area contributed by atoms with Crippen LogP contribution in [0.1, 0.15) is 34.5 Å². The molecule has 8 heteroatoms. The third-order valence-corrected chi connectivity index (χ3v) is 6.11. The second-order valence-corrected chi connectivity index (χ2v) is 8.33. The van der Waals surface area contributed by atoms with Gasteiger partial charge in [-0.25, -0.2) is 5.48 Å². The van der Waals surface area contributed by atoms with E-state index in [1.165, 1.54) is 5.56 Å². The molecule has 160 valence electrons. The van der Waals surface area contributed by atoms with Crippen LogP contribution in [-0.4, -0.2) is 58.1 Å². The SMILES string of the molecule is CN1CCC(C(=O)Nc2ccc(CN3CCn4cc(C(=O)NO)cc4C3)cc2)CC1. The van der Waals surface area contributed by atoms with E-state index in [4.69, 9.17) is 5.21 Å². The molecule has 0 radical (unpaired) electrons. The number of aromatic nitrogens is 1. The Morgan fingerprint density at radius 3 is 2.53 bits per heavy atom. The maximum atomic E-state index is 12.5. The lowest BCUT2D eigenvalue weighted by atomic mass is 9.96. The lowest BCUT2D eigenvalue weighted by molar-refractivity contribution is -0.121. The number of carbonyl (C=O) groups excluding carboxylic acids is 2. The highest BCUT2D eigenvalue weighted by molar-refractivity contribution is 5.93. The van der Waals surface area contributed by atoms with Crippen molar-refractivity contribution in [3.8, 4) is 0 Å². The zero-order valence-electron chi connectivity index (χ0n) is 17.3. The van der Waals surface area contributed by atoms with Gasteiger partial charge in [-0.15, -0.1) is 0 Å². The Balaban J connectivity index is 1.31. The first-order valence-electron chi connectivity index (χ1n) is 10.5. The van der Waals surface area contributed by atoms with E-state index in [-0.39, 0.29) is 11.8 Å². The minimum Gasteiger partial charge on any atom is -0.348 e. The number of hydrogen-bond donors (Lipinski definition) is 3. The van der Waals surface area contributed by atoms with Crippen molar-refractivity contribution in [2.45, 2.75) is 32.5 Å². The molecule has 2 amide bonds. The zero-order valence-corrected chi connectivity index (χ0v) is 17.3. The average Bonchev–Trinajstić information content (AvgIpc) is 3.18. The lowest BCUT2D eigenvalue weighted by Gasteiger charge is -2.28. The highest BCUT2D eigenvalue weighted by atomic mass is 16.5. The number of amides is 2. The number of rotatable bonds is 5. The van der Waals surface area contributed by atoms with E-state index >= 15 is 0 Å². The van der Waals surface area contributed by atoms with Crippen molar-refractivity contribution in [1.29, 1.82) is 0 Å². The number of hydroxylamine groups is 1. The first-order chi connectivity index (χ1) is 14.5. The fraction of sp³-hybridized carbons (Fsp3) is 0.455. The van der Waals surface area contributed by atoms with E-state index in [0.29, 0.717) is 5.56 Å². The van der Waals surface area contributed by atoms with E-state index in [2.05, 4.69) is 38.9 Å². The first kappa shape index (κ1) is 20.6. The van der Waals surface area contributed by atoms with Crippen LogP contribution in [0.2, 0.25) is 0 Å². The van der Waals surface area contributed by atoms with Crippen molar-refractivity contribution in [3.05, 3.63) is 53.3 Å². The van der Waals surface area contributed by atoms with Gasteiger partial charge in [0.15, 0.2) is 0 Å². The molecule has 2 aliphatic rings. The van der Waals surface area contributed by atoms with Crippen LogP contribution in [0.4, 0.5) is 5.69 Å². The van der Waals surface area contributed by atoms with Crippen LogP contribution in [-0.2, 0) is 24.4 Å². The van der Waals surface area contributed by atoms with E-state index in [9.17, 15) is 9.59 Å². The molecule has 0 atom stereocenters. The third-order valence-electron chi connectivity index (χ3n) is 6.11. The van der Waals surface area contributed by atoms with Gasteiger partial charge in [0.2, 0.25) is 5.91 Å². The molecule has 30 heavy (non-hydrogen) atoms. The summed E-state index contributed by atoms with van der Waals surface area (Å²) >= 11 is 0. The molecule has 0 saturated carbocycles. The number of nitrogens with zero attached hydrogens (tertiary/aromatic N) is 3. The van der Waals surface area contributed by atoms with E-state index in [0.717, 1.165) is 63.5 Å². The molecule has 3 heterocycles. The maximum absolute atomic E-state index is 12.5. The summed E-state index contributed by atoms with van der Waals surface area (Å²) in [7, 11) is 2.09. The van der Waals surface area contributed by atoms with Gasteiger partial charge in [-0.05, 0) is 56.7 Å². The largest absolute Gasteiger partial charge is 0.348 e. The van der Waals surface area contributed by atoms with Crippen LogP contribution in [0.15, 0.2) is 36.5 Å². The number of carbonyl (C=O) groups is 2. The molecule has 2 aliphatic heterocycles. The summed E-state index contributed by atoms with van der Waals surface area (Å²) in [6, 6.07) is 9.88. The number of piperidine rings is 1. The lowest BCUT2D eigenvalue weighted by Crippen LogP contribution is -2.35. The Morgan fingerprint density at radius 1 is 1.10 bits per heavy atom. The Labute approximate surface area is 176 Å². The van der Waals surface area contributed by atoms with Crippen molar-refractivity contribution in [3.63, 3.8) is 0 Å². The molecular formula is C22H29N5O3. The van der Waals surface area contributed by atoms with Gasteiger partial charge in [0.1, 0.15) is 0 Å². The Bertz CT molecular complexity index is 900. The predicted molar refractivity (Wildman–Crippen MR) is 113 cm³/mol. The number of fused-ring (bicyclic) bond motifs is 1. The van der Waals surface area contributed by atoms with E-state index < -0.39 is 5.91 Å². The smallest absolute Gasteiger partial charge is 0.276 e. The van der Waals surface area contributed by atoms with Gasteiger partial charge in [-0.3, -0.25) is 19.7 Å². The molecule has 4 rings (SSSR count). The van der Waals surface area contributed by atoms with Crippen LogP contribution in [0.3, 0.4) is 0 Å². The number of benzene rings is 1. The van der Waals surface area contributed by atoms with Gasteiger partial charge in [-0.2, -0.15) is 0 Å². The predicted octanol–water partition coefficient (Wildman–Crippen LogP) is 1.90. The van der Waals surface area contributed by atoms with Crippen molar-refractivity contribution >= 4 is 17.5 Å². The molecule has 0 spiro atoms. The highest BCUT2D eigenvalue weighted by Crippen LogP contribution is 2.21. The third kappa shape index (κ3) is 4.72. The summed E-state index contributed by atoms with van der Waals surface area (Å²) in [5, 5.41) is 11.9. The summed E-state index contributed by atoms with van der Waals surface area (Å²) < 4.78 is 2.06. The topological polar surface area (TPSA) is 89.8 Å². The minimum atomic E-state index is -0.485. The van der Waals surface area contributed by atoms with Gasteiger partial charge >= 0.3 is 0 Å². The van der Waals surface area contributed by atoms with Crippen molar-refractivity contribution in [2.24, 2.45) is 5.92 Å². The fourth-order valence-corrected chi connectivity index (χ4v) is 4.24. The quantitative estimate of drug-likeness (QED) is 0.517. The van der Waals surface area contributed by atoms with Crippen molar-refractivity contribution in [2.75, 3.05) is 32.0 Å². The van der Waals surface area contributed by atoms with Crippen LogP contribution in [0, 0.1) is 5.92 Å². The molecule has 1 aromatic heterocycles. The number of anilines is 1. The molecular weight excluding hydrogens is 382 g/mol. The molecule has 0 aliphatic carbocycles. The molecule has 1 saturated heterocycles. The molecule has 3 N–H and O–H groups in total. The summed E-state index contributed by atoms with van der Waals surface area (Å²) in [6.45, 7) is 5.18.